The fraction of sp³-hybridized carbons (Fsp3) is 0.278. The molecule has 2 heterocycles. The summed E-state index contributed by atoms with van der Waals surface area (Å²) in [6.45, 7) is 7.84. The van der Waals surface area contributed by atoms with Gasteiger partial charge in [-0.1, -0.05) is 19.9 Å². The molecule has 0 spiro atoms. The zero-order valence-corrected chi connectivity index (χ0v) is 16.1. The summed E-state index contributed by atoms with van der Waals surface area (Å²) in [5.74, 6) is 1.27. The van der Waals surface area contributed by atoms with E-state index >= 15 is 0 Å². The summed E-state index contributed by atoms with van der Waals surface area (Å²) in [6, 6.07) is 7.38. The van der Waals surface area contributed by atoms with Gasteiger partial charge in [0.25, 0.3) is 5.91 Å². The van der Waals surface area contributed by atoms with Gasteiger partial charge in [0, 0.05) is 11.3 Å². The van der Waals surface area contributed by atoms with Crippen LogP contribution in [0.5, 0.6) is 0 Å². The number of nitrogens with zero attached hydrogens (tertiary/aromatic N) is 2. The normalized spacial score (nSPS) is 11.1. The highest BCUT2D eigenvalue weighted by atomic mass is 79.9. The smallest absolute Gasteiger partial charge is 0.277 e. The third-order valence-electron chi connectivity index (χ3n) is 3.92. The number of anilines is 1. The van der Waals surface area contributed by atoms with Crippen molar-refractivity contribution in [3.8, 4) is 11.5 Å². The van der Waals surface area contributed by atoms with E-state index < -0.39 is 0 Å². The molecule has 3 aromatic rings. The monoisotopic (exact) mass is 402 g/mol. The van der Waals surface area contributed by atoms with Crippen LogP contribution in [0.25, 0.3) is 11.5 Å². The van der Waals surface area contributed by atoms with Gasteiger partial charge in [-0.3, -0.25) is 9.89 Å². The average molecular weight is 403 g/mol. The summed E-state index contributed by atoms with van der Waals surface area (Å²) < 4.78 is 6.33. The van der Waals surface area contributed by atoms with Gasteiger partial charge in [-0.05, 0) is 53.9 Å². The number of aromatic nitrogens is 3. The predicted molar refractivity (Wildman–Crippen MR) is 99.7 cm³/mol. The van der Waals surface area contributed by atoms with Crippen molar-refractivity contribution in [3.05, 3.63) is 51.6 Å². The number of aryl methyl sites for hydroxylation is 2. The zero-order valence-electron chi connectivity index (χ0n) is 14.5. The second kappa shape index (κ2) is 6.84. The molecule has 0 aliphatic rings. The number of aromatic amines is 1. The minimum atomic E-state index is -0.285. The molecule has 7 heteroatoms. The highest BCUT2D eigenvalue weighted by molar-refractivity contribution is 9.10. The van der Waals surface area contributed by atoms with Gasteiger partial charge in [0.2, 0.25) is 5.89 Å². The molecule has 0 aliphatic carbocycles. The molecule has 1 amide bonds. The second-order valence-electron chi connectivity index (χ2n) is 6.15. The summed E-state index contributed by atoms with van der Waals surface area (Å²) in [4.78, 5) is 16.9. The zero-order chi connectivity index (χ0) is 18.1. The maximum Gasteiger partial charge on any atom is 0.277 e. The lowest BCUT2D eigenvalue weighted by Crippen LogP contribution is -2.13. The fourth-order valence-electron chi connectivity index (χ4n) is 2.39. The second-order valence-corrected chi connectivity index (χ2v) is 6.94. The fourth-order valence-corrected chi connectivity index (χ4v) is 3.21. The van der Waals surface area contributed by atoms with E-state index in [0.29, 0.717) is 21.7 Å². The highest BCUT2D eigenvalue weighted by Gasteiger charge is 2.19. The van der Waals surface area contributed by atoms with Crippen LogP contribution in [0.3, 0.4) is 0 Å². The Balaban J connectivity index is 1.84. The van der Waals surface area contributed by atoms with Gasteiger partial charge in [-0.25, -0.2) is 4.98 Å². The molecule has 2 N–H and O–H groups in total. The van der Waals surface area contributed by atoms with Gasteiger partial charge < -0.3 is 9.73 Å². The van der Waals surface area contributed by atoms with E-state index in [2.05, 4.69) is 36.4 Å². The van der Waals surface area contributed by atoms with Gasteiger partial charge in [-0.15, -0.1) is 0 Å². The molecule has 0 radical (unpaired) electrons. The summed E-state index contributed by atoms with van der Waals surface area (Å²) in [7, 11) is 0. The average Bonchev–Trinajstić information content (AvgIpc) is 3.11. The van der Waals surface area contributed by atoms with E-state index in [0.717, 1.165) is 22.7 Å². The first-order valence-electron chi connectivity index (χ1n) is 7.96. The molecule has 0 bridgehead atoms. The number of oxazole rings is 1. The molecule has 0 saturated heterocycles. The molecular weight excluding hydrogens is 384 g/mol. The molecule has 0 aliphatic heterocycles. The van der Waals surface area contributed by atoms with Gasteiger partial charge >= 0.3 is 0 Å². The lowest BCUT2D eigenvalue weighted by Gasteiger charge is -2.05. The Hall–Kier alpha value is -2.41. The van der Waals surface area contributed by atoms with Gasteiger partial charge in [0.05, 0.1) is 15.9 Å². The molecular formula is C18H19BrN4O2. The standard InChI is InChI=1S/C18H19BrN4O2/c1-9(2)15-14(19)16(23-22-15)17(24)21-13-7-5-6-12(8-13)18-20-10(3)11(4)25-18/h5-9H,1-4H3,(H,21,24)(H,22,23). The SMILES string of the molecule is Cc1nc(-c2cccc(NC(=O)c3n[nH]c(C(C)C)c3Br)c2)oc1C. The van der Waals surface area contributed by atoms with Crippen molar-refractivity contribution < 1.29 is 9.21 Å². The van der Waals surface area contributed by atoms with E-state index in [4.69, 9.17) is 4.42 Å². The first kappa shape index (κ1) is 17.4. The Morgan fingerprint density at radius 1 is 1.32 bits per heavy atom. The molecule has 25 heavy (non-hydrogen) atoms. The van der Waals surface area contributed by atoms with Crippen LogP contribution in [0.1, 0.15) is 47.4 Å². The Morgan fingerprint density at radius 2 is 2.08 bits per heavy atom. The quantitative estimate of drug-likeness (QED) is 0.654. The maximum absolute atomic E-state index is 12.5. The molecule has 130 valence electrons. The third kappa shape index (κ3) is 3.51. The van der Waals surface area contributed by atoms with Crippen LogP contribution in [0, 0.1) is 13.8 Å². The van der Waals surface area contributed by atoms with Gasteiger partial charge in [-0.2, -0.15) is 5.10 Å². The molecule has 2 aromatic heterocycles. The number of carbonyl (C=O) groups is 1. The lowest BCUT2D eigenvalue weighted by atomic mass is 10.1. The van der Waals surface area contributed by atoms with Gasteiger partial charge in [0.15, 0.2) is 5.69 Å². The third-order valence-corrected chi connectivity index (χ3v) is 4.72. The van der Waals surface area contributed by atoms with Crippen molar-refractivity contribution in [3.63, 3.8) is 0 Å². The number of H-pyrrole nitrogens is 1. The van der Waals surface area contributed by atoms with E-state index in [9.17, 15) is 4.79 Å². The maximum atomic E-state index is 12.5. The number of hydrogen-bond donors (Lipinski definition) is 2. The molecule has 6 nitrogen and oxygen atoms in total. The predicted octanol–water partition coefficient (Wildman–Crippen LogP) is 4.82. The Labute approximate surface area is 154 Å². The minimum Gasteiger partial charge on any atom is -0.441 e. The lowest BCUT2D eigenvalue weighted by molar-refractivity contribution is 0.102. The van der Waals surface area contributed by atoms with E-state index in [-0.39, 0.29) is 11.8 Å². The topological polar surface area (TPSA) is 83.8 Å². The Kier molecular flexibility index (Phi) is 4.76. The van der Waals surface area contributed by atoms with Crippen LogP contribution in [0.4, 0.5) is 5.69 Å². The summed E-state index contributed by atoms with van der Waals surface area (Å²) in [5, 5.41) is 9.88. The highest BCUT2D eigenvalue weighted by Crippen LogP contribution is 2.27. The number of amides is 1. The van der Waals surface area contributed by atoms with Crippen molar-refractivity contribution in [2.24, 2.45) is 0 Å². The Bertz CT molecular complexity index is 908. The van der Waals surface area contributed by atoms with Crippen molar-refractivity contribution in [2.45, 2.75) is 33.6 Å². The van der Waals surface area contributed by atoms with Crippen LogP contribution in [-0.2, 0) is 0 Å². The van der Waals surface area contributed by atoms with Crippen LogP contribution in [-0.4, -0.2) is 21.1 Å². The molecule has 0 unspecified atom stereocenters. The summed E-state index contributed by atoms with van der Waals surface area (Å²) >= 11 is 3.45. The molecule has 0 atom stereocenters. The van der Waals surface area contributed by atoms with Crippen molar-refractivity contribution in [1.29, 1.82) is 0 Å². The van der Waals surface area contributed by atoms with Crippen molar-refractivity contribution in [2.75, 3.05) is 5.32 Å². The van der Waals surface area contributed by atoms with E-state index in [1.54, 1.807) is 0 Å². The number of rotatable bonds is 4. The molecule has 1 aromatic carbocycles. The first-order chi connectivity index (χ1) is 11.9. The van der Waals surface area contributed by atoms with Crippen LogP contribution in [0.2, 0.25) is 0 Å². The number of halogens is 1. The number of benzene rings is 1. The summed E-state index contributed by atoms with van der Waals surface area (Å²) in [6.07, 6.45) is 0. The molecule has 0 saturated carbocycles. The number of carbonyl (C=O) groups excluding carboxylic acids is 1. The first-order valence-corrected chi connectivity index (χ1v) is 8.75. The summed E-state index contributed by atoms with van der Waals surface area (Å²) in [5.41, 5.74) is 3.53. The largest absolute Gasteiger partial charge is 0.441 e. The number of hydrogen-bond acceptors (Lipinski definition) is 4. The minimum absolute atomic E-state index is 0.239. The van der Waals surface area contributed by atoms with E-state index in [1.165, 1.54) is 0 Å². The molecule has 0 fully saturated rings. The Morgan fingerprint density at radius 3 is 2.68 bits per heavy atom. The van der Waals surface area contributed by atoms with Crippen LogP contribution in [0.15, 0.2) is 33.2 Å². The van der Waals surface area contributed by atoms with Crippen LogP contribution < -0.4 is 5.32 Å². The molecule has 3 rings (SSSR count). The van der Waals surface area contributed by atoms with E-state index in [1.807, 2.05) is 52.0 Å². The van der Waals surface area contributed by atoms with Crippen LogP contribution >= 0.6 is 15.9 Å². The van der Waals surface area contributed by atoms with Crippen molar-refractivity contribution in [1.82, 2.24) is 15.2 Å². The van der Waals surface area contributed by atoms with Gasteiger partial charge in [0.1, 0.15) is 5.76 Å². The van der Waals surface area contributed by atoms with Crippen molar-refractivity contribution >= 4 is 27.5 Å². The number of nitrogens with one attached hydrogen (secondary N) is 2.